The van der Waals surface area contributed by atoms with E-state index in [1.165, 1.54) is 31.8 Å². The van der Waals surface area contributed by atoms with Crippen LogP contribution >= 0.6 is 0 Å². The van der Waals surface area contributed by atoms with E-state index in [2.05, 4.69) is 19.9 Å². The fraction of sp³-hybridized carbons (Fsp3) is 0.643. The number of hydrogen-bond donors (Lipinski definition) is 1. The topological polar surface area (TPSA) is 37.3 Å². The third-order valence-corrected chi connectivity index (χ3v) is 2.57. The molecule has 0 bridgehead atoms. The summed E-state index contributed by atoms with van der Waals surface area (Å²) in [7, 11) is 0. The molecule has 0 spiro atoms. The molecule has 1 atom stereocenters. The summed E-state index contributed by atoms with van der Waals surface area (Å²) in [6, 6.07) is 0. The molecule has 92 valence electrons. The van der Waals surface area contributed by atoms with Gasteiger partial charge in [-0.05, 0) is 24.8 Å². The van der Waals surface area contributed by atoms with Crippen molar-refractivity contribution in [3.63, 3.8) is 0 Å². The molecule has 0 aromatic carbocycles. The molecule has 1 unspecified atom stereocenters. The van der Waals surface area contributed by atoms with Crippen molar-refractivity contribution in [2.75, 3.05) is 0 Å². The van der Waals surface area contributed by atoms with Gasteiger partial charge >= 0.3 is 5.97 Å². The Hall–Kier alpha value is -1.05. The Labute approximate surface area is 99.1 Å². The number of hydrogen-bond acceptors (Lipinski definition) is 1. The summed E-state index contributed by atoms with van der Waals surface area (Å²) in [5, 5.41) is 8.53. The van der Waals surface area contributed by atoms with Gasteiger partial charge in [0, 0.05) is 6.08 Å². The lowest BCUT2D eigenvalue weighted by Gasteiger charge is -2.07. The molecule has 16 heavy (non-hydrogen) atoms. The number of carbonyl (C=O) groups is 1. The van der Waals surface area contributed by atoms with Crippen LogP contribution in [0.25, 0.3) is 0 Å². The fourth-order valence-corrected chi connectivity index (χ4v) is 1.59. The number of unbranched alkanes of at least 4 members (excludes halogenated alkanes) is 2. The molecule has 0 rings (SSSR count). The summed E-state index contributed by atoms with van der Waals surface area (Å²) in [6.45, 7) is 6.27. The zero-order valence-electron chi connectivity index (χ0n) is 10.7. The number of allylic oxidation sites excluding steroid dienone is 3. The van der Waals surface area contributed by atoms with Crippen molar-refractivity contribution in [1.82, 2.24) is 0 Å². The first-order chi connectivity index (χ1) is 7.56. The monoisotopic (exact) mass is 224 g/mol. The van der Waals surface area contributed by atoms with Crippen LogP contribution in [-0.4, -0.2) is 11.1 Å². The maximum Gasteiger partial charge on any atom is 0.328 e. The molecule has 0 aliphatic carbocycles. The van der Waals surface area contributed by atoms with Crippen LogP contribution in [0.4, 0.5) is 0 Å². The number of aliphatic carboxylic acids is 1. The molecule has 0 heterocycles. The first-order valence-corrected chi connectivity index (χ1v) is 6.14. The van der Waals surface area contributed by atoms with Crippen LogP contribution in [0, 0.1) is 5.92 Å². The smallest absolute Gasteiger partial charge is 0.328 e. The first-order valence-electron chi connectivity index (χ1n) is 6.14. The summed E-state index contributed by atoms with van der Waals surface area (Å²) in [5.41, 5.74) is 0.799. The van der Waals surface area contributed by atoms with Gasteiger partial charge in [0.1, 0.15) is 0 Å². The van der Waals surface area contributed by atoms with Crippen LogP contribution in [0.2, 0.25) is 0 Å². The molecule has 2 heteroatoms. The molecule has 2 nitrogen and oxygen atoms in total. The van der Waals surface area contributed by atoms with Crippen molar-refractivity contribution in [3.8, 4) is 0 Å². The SMILES string of the molecule is CCCCCC(C)CC=CC(C)=CC(=O)O. The lowest BCUT2D eigenvalue weighted by molar-refractivity contribution is -0.131. The van der Waals surface area contributed by atoms with Gasteiger partial charge < -0.3 is 5.11 Å². The van der Waals surface area contributed by atoms with Gasteiger partial charge in [-0.2, -0.15) is 0 Å². The second kappa shape index (κ2) is 9.20. The highest BCUT2D eigenvalue weighted by atomic mass is 16.4. The average molecular weight is 224 g/mol. The van der Waals surface area contributed by atoms with E-state index in [4.69, 9.17) is 5.11 Å². The van der Waals surface area contributed by atoms with Crippen molar-refractivity contribution in [2.24, 2.45) is 5.92 Å². The van der Waals surface area contributed by atoms with E-state index in [1.807, 2.05) is 13.0 Å². The average Bonchev–Trinajstić information content (AvgIpc) is 2.17. The molecule has 0 aliphatic heterocycles. The van der Waals surface area contributed by atoms with Crippen molar-refractivity contribution < 1.29 is 9.90 Å². The largest absolute Gasteiger partial charge is 0.478 e. The van der Waals surface area contributed by atoms with Gasteiger partial charge in [0.05, 0.1) is 0 Å². The second-order valence-corrected chi connectivity index (χ2v) is 4.47. The molecule has 1 N–H and O–H groups in total. The van der Waals surface area contributed by atoms with Crippen molar-refractivity contribution >= 4 is 5.97 Å². The van der Waals surface area contributed by atoms with Crippen molar-refractivity contribution in [2.45, 2.75) is 52.9 Å². The molecule has 0 fully saturated rings. The zero-order chi connectivity index (χ0) is 12.4. The predicted octanol–water partition coefficient (Wildman–Crippen LogP) is 4.18. The van der Waals surface area contributed by atoms with Crippen molar-refractivity contribution in [3.05, 3.63) is 23.8 Å². The number of carboxylic acid groups (broad SMARTS) is 1. The highest BCUT2D eigenvalue weighted by Gasteiger charge is 1.98. The summed E-state index contributed by atoms with van der Waals surface area (Å²) < 4.78 is 0. The van der Waals surface area contributed by atoms with E-state index >= 15 is 0 Å². The van der Waals surface area contributed by atoms with Gasteiger partial charge in [-0.25, -0.2) is 4.79 Å². The maximum atomic E-state index is 10.4. The number of carboxylic acids is 1. The van der Waals surface area contributed by atoms with Gasteiger partial charge in [-0.1, -0.05) is 51.7 Å². The van der Waals surface area contributed by atoms with Crippen LogP contribution in [0.15, 0.2) is 23.8 Å². The molecule has 0 aromatic rings. The highest BCUT2D eigenvalue weighted by molar-refractivity contribution is 5.81. The Morgan fingerprint density at radius 3 is 2.62 bits per heavy atom. The fourth-order valence-electron chi connectivity index (χ4n) is 1.59. The van der Waals surface area contributed by atoms with Crippen LogP contribution in [-0.2, 0) is 4.79 Å². The van der Waals surface area contributed by atoms with E-state index < -0.39 is 5.97 Å². The minimum Gasteiger partial charge on any atom is -0.478 e. The standard InChI is InChI=1S/C14H24O2/c1-4-5-6-8-12(2)9-7-10-13(3)11-14(15)16/h7,10-12H,4-6,8-9H2,1-3H3,(H,15,16). The van der Waals surface area contributed by atoms with E-state index in [0.29, 0.717) is 5.92 Å². The summed E-state index contributed by atoms with van der Waals surface area (Å²) in [4.78, 5) is 10.4. The van der Waals surface area contributed by atoms with Crippen LogP contribution in [0.5, 0.6) is 0 Å². The van der Waals surface area contributed by atoms with Gasteiger partial charge in [0.15, 0.2) is 0 Å². The maximum absolute atomic E-state index is 10.4. The minimum atomic E-state index is -0.877. The van der Waals surface area contributed by atoms with Crippen LogP contribution in [0.1, 0.15) is 52.9 Å². The Kier molecular flexibility index (Phi) is 8.59. The number of rotatable bonds is 8. The molecular formula is C14H24O2. The van der Waals surface area contributed by atoms with E-state index in [9.17, 15) is 4.79 Å². The van der Waals surface area contributed by atoms with Crippen LogP contribution < -0.4 is 0 Å². The van der Waals surface area contributed by atoms with Gasteiger partial charge in [0.25, 0.3) is 0 Å². The molecule has 0 radical (unpaired) electrons. The van der Waals surface area contributed by atoms with Crippen LogP contribution in [0.3, 0.4) is 0 Å². The molecule has 0 saturated carbocycles. The Balaban J connectivity index is 3.77. The minimum absolute atomic E-state index is 0.695. The molecular weight excluding hydrogens is 200 g/mol. The second-order valence-electron chi connectivity index (χ2n) is 4.47. The summed E-state index contributed by atoms with van der Waals surface area (Å²) in [5.74, 6) is -0.182. The Morgan fingerprint density at radius 1 is 1.38 bits per heavy atom. The third kappa shape index (κ3) is 9.50. The summed E-state index contributed by atoms with van der Waals surface area (Å²) in [6.07, 6.45) is 11.4. The lowest BCUT2D eigenvalue weighted by atomic mass is 9.99. The molecule has 0 aromatic heterocycles. The Bertz CT molecular complexity index is 251. The normalized spacial score (nSPS) is 14.3. The van der Waals surface area contributed by atoms with Gasteiger partial charge in [-0.15, -0.1) is 0 Å². The zero-order valence-corrected chi connectivity index (χ0v) is 10.7. The summed E-state index contributed by atoms with van der Waals surface area (Å²) >= 11 is 0. The first kappa shape index (κ1) is 14.9. The van der Waals surface area contributed by atoms with Gasteiger partial charge in [0.2, 0.25) is 0 Å². The molecule has 0 aliphatic rings. The quantitative estimate of drug-likeness (QED) is 0.381. The predicted molar refractivity (Wildman–Crippen MR) is 68.5 cm³/mol. The van der Waals surface area contributed by atoms with Crippen molar-refractivity contribution in [1.29, 1.82) is 0 Å². The third-order valence-electron chi connectivity index (χ3n) is 2.57. The van der Waals surface area contributed by atoms with E-state index in [1.54, 1.807) is 0 Å². The lowest BCUT2D eigenvalue weighted by Crippen LogP contribution is -1.92. The Morgan fingerprint density at radius 2 is 2.06 bits per heavy atom. The van der Waals surface area contributed by atoms with Gasteiger partial charge in [-0.3, -0.25) is 0 Å². The molecule has 0 amide bonds. The molecule has 0 saturated heterocycles. The highest BCUT2D eigenvalue weighted by Crippen LogP contribution is 2.13. The van der Waals surface area contributed by atoms with E-state index in [-0.39, 0.29) is 0 Å². The van der Waals surface area contributed by atoms with E-state index in [0.717, 1.165) is 12.0 Å².